The van der Waals surface area contributed by atoms with E-state index in [0.29, 0.717) is 5.56 Å². The molecule has 0 aliphatic rings. The fraction of sp³-hybridized carbons (Fsp3) is 0.231. The smallest absolute Gasteiger partial charge is 0.266 e. The van der Waals surface area contributed by atoms with Gasteiger partial charge in [0.25, 0.3) is 5.91 Å². The summed E-state index contributed by atoms with van der Waals surface area (Å²) in [7, 11) is 0. The number of rotatable bonds is 2. The maximum absolute atomic E-state index is 11.5. The molecule has 3 heteroatoms. The summed E-state index contributed by atoms with van der Waals surface area (Å²) in [5, 5.41) is 0. The van der Waals surface area contributed by atoms with E-state index in [1.54, 1.807) is 6.07 Å². The standard InChI is InChI=1S/C13H13NO2/c1-8(2)12-9(3)5-6-11(10(12)4)13(16)14-7-15/h5-6H,1H2,2-4H3. The van der Waals surface area contributed by atoms with Crippen molar-refractivity contribution in [1.82, 2.24) is 0 Å². The predicted molar refractivity (Wildman–Crippen MR) is 63.1 cm³/mol. The molecule has 0 N–H and O–H groups in total. The van der Waals surface area contributed by atoms with E-state index in [1.807, 2.05) is 26.8 Å². The third kappa shape index (κ3) is 2.15. The minimum absolute atomic E-state index is 0.423. The number of hydrogen-bond acceptors (Lipinski definition) is 2. The van der Waals surface area contributed by atoms with Gasteiger partial charge >= 0.3 is 0 Å². The van der Waals surface area contributed by atoms with Crippen molar-refractivity contribution in [3.8, 4) is 0 Å². The van der Waals surface area contributed by atoms with E-state index in [-0.39, 0.29) is 0 Å². The summed E-state index contributed by atoms with van der Waals surface area (Å²) in [4.78, 5) is 24.7. The Morgan fingerprint density at radius 3 is 2.50 bits per heavy atom. The molecule has 0 aliphatic heterocycles. The first-order valence-electron chi connectivity index (χ1n) is 4.87. The fourth-order valence-corrected chi connectivity index (χ4v) is 1.84. The Labute approximate surface area is 94.5 Å². The van der Waals surface area contributed by atoms with Gasteiger partial charge in [-0.25, -0.2) is 4.79 Å². The summed E-state index contributed by atoms with van der Waals surface area (Å²) in [5.41, 5.74) is 4.12. The summed E-state index contributed by atoms with van der Waals surface area (Å²) in [6.45, 7) is 9.53. The second kappa shape index (κ2) is 4.69. The van der Waals surface area contributed by atoms with E-state index in [4.69, 9.17) is 0 Å². The van der Waals surface area contributed by atoms with Gasteiger partial charge in [0.05, 0.1) is 0 Å². The molecule has 3 nitrogen and oxygen atoms in total. The predicted octanol–water partition coefficient (Wildman–Crippen LogP) is 2.81. The molecule has 0 fully saturated rings. The first-order valence-corrected chi connectivity index (χ1v) is 4.87. The Balaban J connectivity index is 3.45. The molecular weight excluding hydrogens is 202 g/mol. The molecule has 0 saturated carbocycles. The average molecular weight is 215 g/mol. The van der Waals surface area contributed by atoms with Crippen LogP contribution in [0.5, 0.6) is 0 Å². The summed E-state index contributed by atoms with van der Waals surface area (Å²) < 4.78 is 0. The molecule has 16 heavy (non-hydrogen) atoms. The van der Waals surface area contributed by atoms with Crippen LogP contribution in [0.4, 0.5) is 0 Å². The van der Waals surface area contributed by atoms with Crippen LogP contribution in [-0.4, -0.2) is 12.0 Å². The number of isocyanates is 1. The van der Waals surface area contributed by atoms with Crippen LogP contribution in [0.2, 0.25) is 0 Å². The van der Waals surface area contributed by atoms with E-state index in [2.05, 4.69) is 11.6 Å². The lowest BCUT2D eigenvalue weighted by molar-refractivity contribution is 0.100. The molecular formula is C13H13NO2. The third-order valence-corrected chi connectivity index (χ3v) is 2.48. The van der Waals surface area contributed by atoms with Crippen LogP contribution >= 0.6 is 0 Å². The van der Waals surface area contributed by atoms with E-state index in [0.717, 1.165) is 22.3 Å². The summed E-state index contributed by atoms with van der Waals surface area (Å²) in [6, 6.07) is 3.49. The quantitative estimate of drug-likeness (QED) is 0.562. The number of aliphatic imine (C=N–C) groups is 1. The fourth-order valence-electron chi connectivity index (χ4n) is 1.84. The van der Waals surface area contributed by atoms with Crippen LogP contribution in [0.25, 0.3) is 5.57 Å². The third-order valence-electron chi connectivity index (χ3n) is 2.48. The van der Waals surface area contributed by atoms with Gasteiger partial charge in [-0.2, -0.15) is 0 Å². The van der Waals surface area contributed by atoms with E-state index >= 15 is 0 Å². The van der Waals surface area contributed by atoms with Crippen molar-refractivity contribution < 1.29 is 9.59 Å². The highest BCUT2D eigenvalue weighted by Gasteiger charge is 2.13. The van der Waals surface area contributed by atoms with Gasteiger partial charge in [0, 0.05) is 5.56 Å². The molecule has 0 spiro atoms. The van der Waals surface area contributed by atoms with Gasteiger partial charge in [-0.05, 0) is 43.5 Å². The summed E-state index contributed by atoms with van der Waals surface area (Å²) in [5.74, 6) is -0.560. The number of nitrogens with zero attached hydrogens (tertiary/aromatic N) is 1. The SMILES string of the molecule is C=C(C)c1c(C)ccc(C(=O)N=C=O)c1C. The highest BCUT2D eigenvalue weighted by molar-refractivity contribution is 5.99. The minimum Gasteiger partial charge on any atom is -0.266 e. The number of amides is 1. The lowest BCUT2D eigenvalue weighted by atomic mass is 9.93. The molecule has 1 rings (SSSR count). The first kappa shape index (κ1) is 12.1. The van der Waals surface area contributed by atoms with Gasteiger partial charge in [0.1, 0.15) is 0 Å². The van der Waals surface area contributed by atoms with Gasteiger partial charge in [0.2, 0.25) is 6.08 Å². The van der Waals surface area contributed by atoms with Crippen LogP contribution in [0, 0.1) is 13.8 Å². The number of carbonyl (C=O) groups excluding carboxylic acids is 2. The largest absolute Gasteiger partial charge is 0.288 e. The average Bonchev–Trinajstić information content (AvgIpc) is 2.17. The molecule has 0 aromatic heterocycles. The van der Waals surface area contributed by atoms with Gasteiger partial charge in [-0.15, -0.1) is 4.99 Å². The molecule has 1 aromatic carbocycles. The van der Waals surface area contributed by atoms with Crippen LogP contribution < -0.4 is 0 Å². The Bertz CT molecular complexity index is 509. The van der Waals surface area contributed by atoms with Crippen LogP contribution in [-0.2, 0) is 4.79 Å². The van der Waals surface area contributed by atoms with E-state index < -0.39 is 5.91 Å². The second-order valence-electron chi connectivity index (χ2n) is 3.72. The van der Waals surface area contributed by atoms with Gasteiger partial charge in [-0.3, -0.25) is 4.79 Å². The Morgan fingerprint density at radius 2 is 2.00 bits per heavy atom. The van der Waals surface area contributed by atoms with Crippen molar-refractivity contribution in [2.45, 2.75) is 20.8 Å². The summed E-state index contributed by atoms with van der Waals surface area (Å²) in [6.07, 6.45) is 1.26. The van der Waals surface area contributed by atoms with Gasteiger partial charge < -0.3 is 0 Å². The zero-order chi connectivity index (χ0) is 12.3. The lowest BCUT2D eigenvalue weighted by Gasteiger charge is -2.11. The molecule has 0 aliphatic carbocycles. The number of carbonyl (C=O) groups is 1. The van der Waals surface area contributed by atoms with Crippen molar-refractivity contribution in [2.75, 3.05) is 0 Å². The Morgan fingerprint density at radius 1 is 1.38 bits per heavy atom. The topological polar surface area (TPSA) is 46.5 Å². The molecule has 0 saturated heterocycles. The Hall–Kier alpha value is -1.99. The van der Waals surface area contributed by atoms with Crippen molar-refractivity contribution in [1.29, 1.82) is 0 Å². The van der Waals surface area contributed by atoms with Gasteiger partial charge in [-0.1, -0.05) is 18.2 Å². The molecule has 82 valence electrons. The maximum atomic E-state index is 11.5. The highest BCUT2D eigenvalue weighted by Crippen LogP contribution is 2.24. The molecule has 1 amide bonds. The van der Waals surface area contributed by atoms with Crippen molar-refractivity contribution in [3.63, 3.8) is 0 Å². The minimum atomic E-state index is -0.560. The molecule has 0 atom stereocenters. The zero-order valence-electron chi connectivity index (χ0n) is 9.63. The zero-order valence-corrected chi connectivity index (χ0v) is 9.63. The molecule has 0 radical (unpaired) electrons. The van der Waals surface area contributed by atoms with Gasteiger partial charge in [0.15, 0.2) is 0 Å². The monoisotopic (exact) mass is 215 g/mol. The van der Waals surface area contributed by atoms with Crippen molar-refractivity contribution in [2.24, 2.45) is 4.99 Å². The number of aryl methyl sites for hydroxylation is 1. The Kier molecular flexibility index (Phi) is 3.54. The normalized spacial score (nSPS) is 9.44. The van der Waals surface area contributed by atoms with Crippen LogP contribution in [0.3, 0.4) is 0 Å². The molecule has 1 aromatic rings. The molecule has 0 heterocycles. The van der Waals surface area contributed by atoms with Crippen LogP contribution in [0.15, 0.2) is 23.7 Å². The van der Waals surface area contributed by atoms with Crippen molar-refractivity contribution in [3.05, 3.63) is 41.0 Å². The first-order chi connectivity index (χ1) is 7.49. The molecule has 0 bridgehead atoms. The number of hydrogen-bond donors (Lipinski definition) is 0. The summed E-state index contributed by atoms with van der Waals surface area (Å²) >= 11 is 0. The number of allylic oxidation sites excluding steroid dienone is 1. The second-order valence-corrected chi connectivity index (χ2v) is 3.72. The van der Waals surface area contributed by atoms with E-state index in [9.17, 15) is 9.59 Å². The lowest BCUT2D eigenvalue weighted by Crippen LogP contribution is -2.02. The van der Waals surface area contributed by atoms with Crippen molar-refractivity contribution >= 4 is 17.6 Å². The highest BCUT2D eigenvalue weighted by atomic mass is 16.2. The van der Waals surface area contributed by atoms with E-state index in [1.165, 1.54) is 6.08 Å². The number of benzene rings is 1. The molecule has 0 unspecified atom stereocenters. The maximum Gasteiger partial charge on any atom is 0.288 e. The van der Waals surface area contributed by atoms with Crippen LogP contribution in [0.1, 0.15) is 34.0 Å².